The molecule has 3 aromatic rings. The first-order chi connectivity index (χ1) is 23.0. The number of pyridine rings is 1. The van der Waals surface area contributed by atoms with Crippen LogP contribution in [0.15, 0.2) is 42.5 Å². The highest BCUT2D eigenvalue weighted by Crippen LogP contribution is 2.21. The van der Waals surface area contributed by atoms with E-state index in [0.717, 1.165) is 51.7 Å². The number of hydrogen-bond donors (Lipinski definition) is 4. The topological polar surface area (TPSA) is 123 Å². The molecule has 1 aromatic heterocycles. The van der Waals surface area contributed by atoms with Gasteiger partial charge in [0.05, 0.1) is 26.4 Å². The maximum atomic E-state index is 12.4. The van der Waals surface area contributed by atoms with Crippen molar-refractivity contribution in [2.45, 2.75) is 58.2 Å². The van der Waals surface area contributed by atoms with E-state index in [1.807, 2.05) is 14.1 Å². The van der Waals surface area contributed by atoms with E-state index < -0.39 is 0 Å². The molecule has 4 N–H and O–H groups in total. The van der Waals surface area contributed by atoms with E-state index in [1.165, 1.54) is 40.0 Å². The molecule has 2 aromatic carbocycles. The molecule has 0 spiro atoms. The summed E-state index contributed by atoms with van der Waals surface area (Å²) in [6, 6.07) is 15.7. The smallest absolute Gasteiger partial charge is 0.245 e. The molecule has 0 aliphatic rings. The molecule has 47 heavy (non-hydrogen) atoms. The average Bonchev–Trinajstić information content (AvgIpc) is 3.06. The number of carbonyl (C=O) groups is 2. The summed E-state index contributed by atoms with van der Waals surface area (Å²) < 4.78 is 23.8. The summed E-state index contributed by atoms with van der Waals surface area (Å²) >= 11 is 0. The van der Waals surface area contributed by atoms with E-state index in [0.29, 0.717) is 59.2 Å². The Balaban J connectivity index is 1.25. The number of aromatic nitrogens is 1. The van der Waals surface area contributed by atoms with Gasteiger partial charge in [-0.3, -0.25) is 9.59 Å². The summed E-state index contributed by atoms with van der Waals surface area (Å²) in [6.45, 7) is 7.01. The average molecular weight is 655 g/mol. The summed E-state index contributed by atoms with van der Waals surface area (Å²) in [7, 11) is 5.45. The summed E-state index contributed by atoms with van der Waals surface area (Å²) in [5.74, 6) is -0.0217. The minimum absolute atomic E-state index is 0.0780. The molecule has 260 valence electrons. The SMILES string of the molecule is CNCc1ccc2cc3ccc(CNC)cc3[n+](CCCCCC(=O)NCCCOCCOCCOCCCNC(=O)COC)c2c1. The molecule has 0 saturated carbocycles. The zero-order valence-electron chi connectivity index (χ0n) is 28.7. The molecular formula is C36H56N5O6+. The molecular weight excluding hydrogens is 598 g/mol. The lowest BCUT2D eigenvalue weighted by Crippen LogP contribution is -2.36. The number of ether oxygens (including phenoxy) is 4. The van der Waals surface area contributed by atoms with Crippen molar-refractivity contribution < 1.29 is 33.1 Å². The standard InChI is InChI=1S/C36H55N5O6/c1-37-26-29-10-12-31-25-32-13-11-30(27-38-2)24-34(32)41(33(31)23-29)16-6-4-5-9-35(42)39-14-7-17-45-19-21-47-22-20-46-18-8-15-40-36(43)28-44-3/h10-13,23-25,37-38H,4-9,14-22,26-28H2,1-3H3,(H-,39,40,42,43)/p+1. The first-order valence-electron chi connectivity index (χ1n) is 17.0. The second-order valence-electron chi connectivity index (χ2n) is 11.6. The van der Waals surface area contributed by atoms with Gasteiger partial charge in [0.2, 0.25) is 22.8 Å². The van der Waals surface area contributed by atoms with Gasteiger partial charge in [0, 0.05) is 82.2 Å². The van der Waals surface area contributed by atoms with Crippen LogP contribution in [-0.2, 0) is 48.2 Å². The van der Waals surface area contributed by atoms with E-state index in [9.17, 15) is 9.59 Å². The summed E-state index contributed by atoms with van der Waals surface area (Å²) in [5.41, 5.74) is 5.04. The zero-order chi connectivity index (χ0) is 33.5. The van der Waals surface area contributed by atoms with Crippen LogP contribution >= 0.6 is 0 Å². The molecule has 0 fully saturated rings. The molecule has 0 radical (unpaired) electrons. The Hall–Kier alpha value is -3.19. The first kappa shape index (κ1) is 38.3. The summed E-state index contributed by atoms with van der Waals surface area (Å²) in [4.78, 5) is 23.6. The van der Waals surface area contributed by atoms with Crippen LogP contribution in [0.1, 0.15) is 49.7 Å². The highest BCUT2D eigenvalue weighted by Gasteiger charge is 2.17. The fraction of sp³-hybridized carbons (Fsp3) is 0.583. The molecule has 0 atom stereocenters. The van der Waals surface area contributed by atoms with Crippen LogP contribution in [0.3, 0.4) is 0 Å². The Morgan fingerprint density at radius 1 is 0.638 bits per heavy atom. The number of nitrogens with one attached hydrogen (secondary N) is 4. The van der Waals surface area contributed by atoms with Crippen LogP contribution < -0.4 is 25.8 Å². The number of rotatable bonds is 26. The van der Waals surface area contributed by atoms with Gasteiger partial charge in [0.25, 0.3) is 0 Å². The third kappa shape index (κ3) is 14.6. The van der Waals surface area contributed by atoms with Gasteiger partial charge in [-0.25, -0.2) is 0 Å². The predicted molar refractivity (Wildman–Crippen MR) is 185 cm³/mol. The quantitative estimate of drug-likeness (QED) is 0.0593. The predicted octanol–water partition coefficient (Wildman–Crippen LogP) is 2.99. The number of aryl methyl sites for hydroxylation is 1. The number of methoxy groups -OCH3 is 1. The monoisotopic (exact) mass is 654 g/mol. The normalized spacial score (nSPS) is 11.4. The number of fused-ring (bicyclic) bond motifs is 2. The van der Waals surface area contributed by atoms with E-state index in [4.69, 9.17) is 18.9 Å². The number of benzene rings is 2. The number of nitrogens with zero attached hydrogens (tertiary/aromatic N) is 1. The van der Waals surface area contributed by atoms with Gasteiger partial charge in [-0.05, 0) is 69.1 Å². The van der Waals surface area contributed by atoms with Crippen LogP contribution in [0.25, 0.3) is 21.8 Å². The lowest BCUT2D eigenvalue weighted by Gasteiger charge is -2.10. The number of unbranched alkanes of at least 4 members (excludes halogenated alkanes) is 2. The van der Waals surface area contributed by atoms with Gasteiger partial charge in [-0.15, -0.1) is 0 Å². The molecule has 0 aliphatic heterocycles. The highest BCUT2D eigenvalue weighted by atomic mass is 16.5. The van der Waals surface area contributed by atoms with Gasteiger partial charge in [-0.2, -0.15) is 4.57 Å². The van der Waals surface area contributed by atoms with Gasteiger partial charge in [-0.1, -0.05) is 12.1 Å². The van der Waals surface area contributed by atoms with Crippen LogP contribution in [-0.4, -0.2) is 92.4 Å². The van der Waals surface area contributed by atoms with Crippen molar-refractivity contribution in [3.63, 3.8) is 0 Å². The van der Waals surface area contributed by atoms with Crippen LogP contribution in [0, 0.1) is 0 Å². The maximum Gasteiger partial charge on any atom is 0.245 e. The van der Waals surface area contributed by atoms with Crippen LogP contribution in [0.2, 0.25) is 0 Å². The van der Waals surface area contributed by atoms with E-state index in [1.54, 1.807) is 0 Å². The fourth-order valence-electron chi connectivity index (χ4n) is 5.41. The van der Waals surface area contributed by atoms with Crippen molar-refractivity contribution in [2.24, 2.45) is 0 Å². The second kappa shape index (κ2) is 23.2. The van der Waals surface area contributed by atoms with E-state index in [2.05, 4.69) is 68.3 Å². The minimum atomic E-state index is -0.121. The Morgan fingerprint density at radius 3 is 1.70 bits per heavy atom. The van der Waals surface area contributed by atoms with Gasteiger partial charge >= 0.3 is 0 Å². The Kier molecular flexibility index (Phi) is 18.9. The van der Waals surface area contributed by atoms with Crippen molar-refractivity contribution in [3.05, 3.63) is 53.6 Å². The number of amides is 2. The maximum absolute atomic E-state index is 12.4. The van der Waals surface area contributed by atoms with E-state index in [-0.39, 0.29) is 18.4 Å². The molecule has 0 unspecified atom stereocenters. The van der Waals surface area contributed by atoms with Crippen molar-refractivity contribution in [1.82, 2.24) is 21.3 Å². The zero-order valence-corrected chi connectivity index (χ0v) is 28.7. The molecule has 0 saturated heterocycles. The lowest BCUT2D eigenvalue weighted by atomic mass is 10.0. The first-order valence-corrected chi connectivity index (χ1v) is 17.0. The van der Waals surface area contributed by atoms with E-state index >= 15 is 0 Å². The van der Waals surface area contributed by atoms with Gasteiger partial charge in [0.15, 0.2) is 0 Å². The molecule has 1 heterocycles. The third-order valence-corrected chi connectivity index (χ3v) is 7.72. The van der Waals surface area contributed by atoms with Gasteiger partial charge < -0.3 is 40.2 Å². The molecule has 0 aliphatic carbocycles. The Bertz CT molecular complexity index is 1290. The van der Waals surface area contributed by atoms with Crippen LogP contribution in [0.4, 0.5) is 0 Å². The third-order valence-electron chi connectivity index (χ3n) is 7.72. The number of carbonyl (C=O) groups excluding carboxylic acids is 2. The lowest BCUT2D eigenvalue weighted by molar-refractivity contribution is -0.645. The molecule has 11 nitrogen and oxygen atoms in total. The number of hydrogen-bond acceptors (Lipinski definition) is 8. The highest BCUT2D eigenvalue weighted by molar-refractivity contribution is 5.89. The van der Waals surface area contributed by atoms with Crippen molar-refractivity contribution in [1.29, 1.82) is 0 Å². The second-order valence-corrected chi connectivity index (χ2v) is 11.6. The van der Waals surface area contributed by atoms with Crippen molar-refractivity contribution in [2.75, 3.05) is 80.5 Å². The summed E-state index contributed by atoms with van der Waals surface area (Å²) in [5, 5.41) is 14.8. The van der Waals surface area contributed by atoms with Crippen molar-refractivity contribution in [3.8, 4) is 0 Å². The largest absolute Gasteiger partial charge is 0.379 e. The minimum Gasteiger partial charge on any atom is -0.379 e. The molecule has 11 heteroatoms. The van der Waals surface area contributed by atoms with Crippen molar-refractivity contribution >= 4 is 33.6 Å². The van der Waals surface area contributed by atoms with Crippen LogP contribution in [0.5, 0.6) is 0 Å². The fourth-order valence-corrected chi connectivity index (χ4v) is 5.41. The Labute approximate surface area is 280 Å². The summed E-state index contributed by atoms with van der Waals surface area (Å²) in [6.07, 6.45) is 4.92. The molecule has 2 amide bonds. The van der Waals surface area contributed by atoms with Gasteiger partial charge in [0.1, 0.15) is 13.2 Å². The Morgan fingerprint density at radius 2 is 1.17 bits per heavy atom. The molecule has 3 rings (SSSR count). The molecule has 0 bridgehead atoms.